The fourth-order valence-electron chi connectivity index (χ4n) is 4.69. The van der Waals surface area contributed by atoms with E-state index < -0.39 is 0 Å². The van der Waals surface area contributed by atoms with Gasteiger partial charge in [-0.15, -0.1) is 11.3 Å². The third-order valence-electron chi connectivity index (χ3n) is 5.85. The molecule has 0 bridgehead atoms. The van der Waals surface area contributed by atoms with Crippen molar-refractivity contribution in [1.29, 1.82) is 0 Å². The van der Waals surface area contributed by atoms with Crippen molar-refractivity contribution in [2.75, 3.05) is 6.54 Å². The molecule has 21 heavy (non-hydrogen) atoms. The van der Waals surface area contributed by atoms with Crippen LogP contribution >= 0.6 is 11.3 Å². The average Bonchev–Trinajstić information content (AvgIpc) is 2.94. The molecule has 1 heterocycles. The summed E-state index contributed by atoms with van der Waals surface area (Å²) in [4.78, 5) is 1.61. The molecule has 1 aromatic heterocycles. The van der Waals surface area contributed by atoms with Crippen molar-refractivity contribution in [3.63, 3.8) is 0 Å². The fourth-order valence-corrected chi connectivity index (χ4v) is 5.78. The average molecular weight is 306 g/mol. The standard InChI is InChI=1S/C19H31NS/c1-3-11-20-18(19-14(2)10-12-21-19)17-9-8-15-6-4-5-7-16(15)13-17/h10,12,15-18,20H,3-9,11,13H2,1-2H3. The molecule has 2 fully saturated rings. The maximum atomic E-state index is 3.89. The zero-order valence-electron chi connectivity index (χ0n) is 13.7. The highest BCUT2D eigenvalue weighted by Crippen LogP contribution is 2.47. The van der Waals surface area contributed by atoms with Gasteiger partial charge in [-0.3, -0.25) is 0 Å². The second-order valence-corrected chi connectivity index (χ2v) is 8.23. The number of fused-ring (bicyclic) bond motifs is 1. The molecule has 3 rings (SSSR count). The molecule has 4 unspecified atom stereocenters. The van der Waals surface area contributed by atoms with Crippen LogP contribution in [0.25, 0.3) is 0 Å². The summed E-state index contributed by atoms with van der Waals surface area (Å²) in [7, 11) is 0. The third-order valence-corrected chi connectivity index (χ3v) is 6.95. The maximum absolute atomic E-state index is 3.89. The summed E-state index contributed by atoms with van der Waals surface area (Å²) >= 11 is 1.97. The van der Waals surface area contributed by atoms with E-state index in [0.29, 0.717) is 6.04 Å². The Kier molecular flexibility index (Phi) is 5.39. The van der Waals surface area contributed by atoms with Crippen molar-refractivity contribution in [1.82, 2.24) is 5.32 Å². The molecule has 0 radical (unpaired) electrons. The fraction of sp³-hybridized carbons (Fsp3) is 0.789. The monoisotopic (exact) mass is 305 g/mol. The van der Waals surface area contributed by atoms with Gasteiger partial charge in [-0.1, -0.05) is 32.6 Å². The van der Waals surface area contributed by atoms with Gasteiger partial charge in [0.15, 0.2) is 0 Å². The summed E-state index contributed by atoms with van der Waals surface area (Å²) < 4.78 is 0. The highest BCUT2D eigenvalue weighted by Gasteiger charge is 2.36. The molecule has 0 saturated heterocycles. The van der Waals surface area contributed by atoms with Crippen molar-refractivity contribution in [3.05, 3.63) is 21.9 Å². The lowest BCUT2D eigenvalue weighted by molar-refractivity contribution is 0.110. The Morgan fingerprint density at radius 2 is 2.00 bits per heavy atom. The second kappa shape index (κ2) is 7.28. The quantitative estimate of drug-likeness (QED) is 0.735. The van der Waals surface area contributed by atoms with Crippen LogP contribution in [0.1, 0.15) is 74.8 Å². The molecule has 0 amide bonds. The summed E-state index contributed by atoms with van der Waals surface area (Å²) in [6.45, 7) is 5.73. The first-order chi connectivity index (χ1) is 10.3. The minimum Gasteiger partial charge on any atom is -0.309 e. The van der Waals surface area contributed by atoms with Crippen LogP contribution in [-0.2, 0) is 0 Å². The number of hydrogen-bond donors (Lipinski definition) is 1. The minimum atomic E-state index is 0.618. The molecule has 1 nitrogen and oxygen atoms in total. The number of aryl methyl sites for hydroxylation is 1. The van der Waals surface area contributed by atoms with Gasteiger partial charge in [0.1, 0.15) is 0 Å². The van der Waals surface area contributed by atoms with Crippen LogP contribution in [-0.4, -0.2) is 6.54 Å². The van der Waals surface area contributed by atoms with Gasteiger partial charge in [-0.25, -0.2) is 0 Å². The highest BCUT2D eigenvalue weighted by atomic mass is 32.1. The van der Waals surface area contributed by atoms with Crippen LogP contribution in [0.2, 0.25) is 0 Å². The Morgan fingerprint density at radius 3 is 2.71 bits per heavy atom. The molecule has 2 heteroatoms. The number of hydrogen-bond acceptors (Lipinski definition) is 2. The molecule has 2 saturated carbocycles. The minimum absolute atomic E-state index is 0.618. The molecule has 2 aliphatic carbocycles. The molecular weight excluding hydrogens is 274 g/mol. The van der Waals surface area contributed by atoms with Crippen LogP contribution in [0.15, 0.2) is 11.4 Å². The Morgan fingerprint density at radius 1 is 1.19 bits per heavy atom. The zero-order chi connectivity index (χ0) is 14.7. The lowest BCUT2D eigenvalue weighted by atomic mass is 9.66. The Bertz CT molecular complexity index is 439. The van der Waals surface area contributed by atoms with E-state index >= 15 is 0 Å². The zero-order valence-corrected chi connectivity index (χ0v) is 14.6. The molecule has 4 atom stereocenters. The predicted octanol–water partition coefficient (Wildman–Crippen LogP) is 5.70. The van der Waals surface area contributed by atoms with Gasteiger partial charge in [0.05, 0.1) is 0 Å². The number of rotatable bonds is 5. The molecule has 0 aliphatic heterocycles. The van der Waals surface area contributed by atoms with Crippen LogP contribution in [0, 0.1) is 24.7 Å². The first-order valence-corrected chi connectivity index (χ1v) is 9.95. The van der Waals surface area contributed by atoms with E-state index in [4.69, 9.17) is 0 Å². The van der Waals surface area contributed by atoms with E-state index in [0.717, 1.165) is 24.3 Å². The van der Waals surface area contributed by atoms with Crippen molar-refractivity contribution in [3.8, 4) is 0 Å². The topological polar surface area (TPSA) is 12.0 Å². The van der Waals surface area contributed by atoms with Crippen molar-refractivity contribution < 1.29 is 0 Å². The van der Waals surface area contributed by atoms with Crippen LogP contribution in [0.3, 0.4) is 0 Å². The summed E-state index contributed by atoms with van der Waals surface area (Å²) in [6, 6.07) is 2.92. The van der Waals surface area contributed by atoms with E-state index in [1.807, 2.05) is 11.3 Å². The molecule has 118 valence electrons. The van der Waals surface area contributed by atoms with Crippen molar-refractivity contribution in [2.24, 2.45) is 17.8 Å². The van der Waals surface area contributed by atoms with Crippen LogP contribution in [0.4, 0.5) is 0 Å². The summed E-state index contributed by atoms with van der Waals surface area (Å²) in [6.07, 6.45) is 11.6. The van der Waals surface area contributed by atoms with E-state index in [9.17, 15) is 0 Å². The summed E-state index contributed by atoms with van der Waals surface area (Å²) in [5.41, 5.74) is 1.50. The van der Waals surface area contributed by atoms with Gasteiger partial charge in [0.25, 0.3) is 0 Å². The molecule has 1 N–H and O–H groups in total. The smallest absolute Gasteiger partial charge is 0.0446 e. The van der Waals surface area contributed by atoms with Crippen LogP contribution in [0.5, 0.6) is 0 Å². The highest BCUT2D eigenvalue weighted by molar-refractivity contribution is 7.10. The summed E-state index contributed by atoms with van der Waals surface area (Å²) in [5.74, 6) is 2.96. The van der Waals surface area contributed by atoms with E-state index in [1.165, 1.54) is 56.9 Å². The number of nitrogens with one attached hydrogen (secondary N) is 1. The molecule has 1 aromatic rings. The SMILES string of the molecule is CCCNC(c1sccc1C)C1CCC2CCCCC2C1. The van der Waals surface area contributed by atoms with Crippen LogP contribution < -0.4 is 5.32 Å². The van der Waals surface area contributed by atoms with E-state index in [2.05, 4.69) is 30.6 Å². The molecule has 2 aliphatic rings. The predicted molar refractivity (Wildman–Crippen MR) is 92.9 cm³/mol. The Hall–Kier alpha value is -0.340. The first kappa shape index (κ1) is 15.6. The van der Waals surface area contributed by atoms with E-state index in [1.54, 1.807) is 4.88 Å². The van der Waals surface area contributed by atoms with Gasteiger partial charge < -0.3 is 5.32 Å². The van der Waals surface area contributed by atoms with Crippen molar-refractivity contribution >= 4 is 11.3 Å². The van der Waals surface area contributed by atoms with Gasteiger partial charge in [0, 0.05) is 10.9 Å². The van der Waals surface area contributed by atoms with Gasteiger partial charge in [-0.05, 0) is 73.9 Å². The number of thiophene rings is 1. The largest absolute Gasteiger partial charge is 0.309 e. The Balaban J connectivity index is 1.72. The second-order valence-electron chi connectivity index (χ2n) is 7.28. The molecule has 0 aromatic carbocycles. The normalized spacial score (nSPS) is 30.9. The Labute approximate surface area is 134 Å². The molecular formula is C19H31NS. The lowest BCUT2D eigenvalue weighted by Crippen LogP contribution is -2.35. The van der Waals surface area contributed by atoms with Gasteiger partial charge in [0.2, 0.25) is 0 Å². The first-order valence-electron chi connectivity index (χ1n) is 9.07. The van der Waals surface area contributed by atoms with Crippen molar-refractivity contribution in [2.45, 2.75) is 71.3 Å². The molecule has 0 spiro atoms. The third kappa shape index (κ3) is 3.53. The maximum Gasteiger partial charge on any atom is 0.0446 e. The summed E-state index contributed by atoms with van der Waals surface area (Å²) in [5, 5.41) is 6.16. The van der Waals surface area contributed by atoms with Gasteiger partial charge in [-0.2, -0.15) is 0 Å². The lowest BCUT2D eigenvalue weighted by Gasteiger charge is -2.42. The van der Waals surface area contributed by atoms with E-state index in [-0.39, 0.29) is 0 Å². The van der Waals surface area contributed by atoms with Gasteiger partial charge >= 0.3 is 0 Å².